The van der Waals surface area contributed by atoms with Crippen LogP contribution < -0.4 is 10.6 Å². The first-order chi connectivity index (χ1) is 8.83. The molecule has 0 saturated heterocycles. The highest BCUT2D eigenvalue weighted by Gasteiger charge is 2.17. The van der Waals surface area contributed by atoms with Gasteiger partial charge in [0.1, 0.15) is 11.6 Å². The van der Waals surface area contributed by atoms with Crippen LogP contribution in [0.1, 0.15) is 20.8 Å². The van der Waals surface area contributed by atoms with Crippen LogP contribution >= 0.6 is 11.6 Å². The Morgan fingerprint density at radius 3 is 2.74 bits per heavy atom. The molecule has 0 bridgehead atoms. The van der Waals surface area contributed by atoms with Crippen molar-refractivity contribution in [2.75, 3.05) is 5.32 Å². The predicted octanol–water partition coefficient (Wildman–Crippen LogP) is 2.47. The molecule has 1 amide bonds. The Labute approximate surface area is 117 Å². The summed E-state index contributed by atoms with van der Waals surface area (Å²) in [6.07, 6.45) is 2.86. The number of pyridine rings is 1. The maximum Gasteiger partial charge on any atom is 0.263 e. The van der Waals surface area contributed by atoms with Crippen LogP contribution in [0, 0.1) is 11.3 Å². The maximum atomic E-state index is 11.8. The minimum atomic E-state index is -0.442. The largest absolute Gasteiger partial charge is 0.358 e. The minimum Gasteiger partial charge on any atom is -0.358 e. The smallest absolute Gasteiger partial charge is 0.263 e. The van der Waals surface area contributed by atoms with Crippen molar-refractivity contribution in [3.05, 3.63) is 35.3 Å². The molecule has 1 heterocycles. The normalized spacial score (nSPS) is 11.6. The van der Waals surface area contributed by atoms with Crippen LogP contribution in [0.4, 0.5) is 5.69 Å². The number of amides is 1. The van der Waals surface area contributed by atoms with Crippen molar-refractivity contribution in [2.45, 2.75) is 26.3 Å². The number of nitrogens with one attached hydrogen (secondary N) is 2. The first kappa shape index (κ1) is 15.0. The molecule has 0 unspecified atom stereocenters. The van der Waals surface area contributed by atoms with Gasteiger partial charge < -0.3 is 10.6 Å². The molecule has 0 atom stereocenters. The molecule has 5 nitrogen and oxygen atoms in total. The van der Waals surface area contributed by atoms with E-state index >= 15 is 0 Å². The second kappa shape index (κ2) is 6.21. The molecule has 1 aromatic rings. The number of hydrogen-bond acceptors (Lipinski definition) is 4. The quantitative estimate of drug-likeness (QED) is 0.506. The number of anilines is 1. The zero-order valence-corrected chi connectivity index (χ0v) is 11.7. The molecule has 100 valence electrons. The average Bonchev–Trinajstić information content (AvgIpc) is 2.29. The molecule has 0 aromatic carbocycles. The highest BCUT2D eigenvalue weighted by molar-refractivity contribution is 6.32. The van der Waals surface area contributed by atoms with E-state index in [2.05, 4.69) is 15.6 Å². The van der Waals surface area contributed by atoms with Crippen LogP contribution in [-0.4, -0.2) is 16.4 Å². The lowest BCUT2D eigenvalue weighted by Gasteiger charge is -2.20. The van der Waals surface area contributed by atoms with Crippen molar-refractivity contribution in [3.63, 3.8) is 0 Å². The Kier molecular flexibility index (Phi) is 4.90. The molecule has 0 aliphatic carbocycles. The number of carbonyl (C=O) groups is 1. The first-order valence-electron chi connectivity index (χ1n) is 5.63. The lowest BCUT2D eigenvalue weighted by atomic mass is 10.1. The maximum absolute atomic E-state index is 11.8. The van der Waals surface area contributed by atoms with Gasteiger partial charge in [-0.05, 0) is 32.9 Å². The van der Waals surface area contributed by atoms with Gasteiger partial charge in [0.05, 0.1) is 5.69 Å². The second-order valence-electron chi connectivity index (χ2n) is 4.86. The Hall–Kier alpha value is -2.06. The number of nitriles is 1. The van der Waals surface area contributed by atoms with E-state index < -0.39 is 11.4 Å². The van der Waals surface area contributed by atoms with E-state index in [1.54, 1.807) is 18.3 Å². The molecular formula is C13H15ClN4O. The summed E-state index contributed by atoms with van der Waals surface area (Å²) in [4.78, 5) is 15.7. The van der Waals surface area contributed by atoms with Crippen LogP contribution in [0.5, 0.6) is 0 Å². The van der Waals surface area contributed by atoms with Gasteiger partial charge in [-0.3, -0.25) is 4.79 Å². The highest BCUT2D eigenvalue weighted by Crippen LogP contribution is 2.17. The summed E-state index contributed by atoms with van der Waals surface area (Å²) in [6.45, 7) is 5.52. The summed E-state index contributed by atoms with van der Waals surface area (Å²) in [5, 5.41) is 14.7. The van der Waals surface area contributed by atoms with Crippen molar-refractivity contribution in [3.8, 4) is 6.07 Å². The number of carbonyl (C=O) groups excluding carboxylic acids is 1. The van der Waals surface area contributed by atoms with Gasteiger partial charge in [-0.15, -0.1) is 0 Å². The van der Waals surface area contributed by atoms with E-state index in [0.29, 0.717) is 5.69 Å². The predicted molar refractivity (Wildman–Crippen MR) is 74.5 cm³/mol. The van der Waals surface area contributed by atoms with Crippen LogP contribution in [0.15, 0.2) is 30.1 Å². The van der Waals surface area contributed by atoms with Crippen molar-refractivity contribution in [1.29, 1.82) is 5.26 Å². The highest BCUT2D eigenvalue weighted by atomic mass is 35.5. The van der Waals surface area contributed by atoms with Crippen molar-refractivity contribution >= 4 is 23.2 Å². The van der Waals surface area contributed by atoms with Gasteiger partial charge in [0, 0.05) is 17.9 Å². The molecule has 0 radical (unpaired) electrons. The summed E-state index contributed by atoms with van der Waals surface area (Å²) < 4.78 is 0. The van der Waals surface area contributed by atoms with Gasteiger partial charge in [-0.1, -0.05) is 11.6 Å². The lowest BCUT2D eigenvalue weighted by Crippen LogP contribution is -2.41. The Morgan fingerprint density at radius 1 is 1.53 bits per heavy atom. The van der Waals surface area contributed by atoms with E-state index in [1.165, 1.54) is 6.20 Å². The van der Waals surface area contributed by atoms with Gasteiger partial charge in [0.2, 0.25) is 0 Å². The fourth-order valence-corrected chi connectivity index (χ4v) is 1.37. The minimum absolute atomic E-state index is 0.0326. The van der Waals surface area contributed by atoms with Crippen molar-refractivity contribution in [1.82, 2.24) is 10.3 Å². The number of hydrogen-bond donors (Lipinski definition) is 2. The third-order valence-electron chi connectivity index (χ3n) is 1.98. The third-order valence-corrected chi connectivity index (χ3v) is 2.29. The van der Waals surface area contributed by atoms with Crippen LogP contribution in [-0.2, 0) is 4.79 Å². The number of nitrogens with zero attached hydrogens (tertiary/aromatic N) is 2. The molecule has 0 aliphatic heterocycles. The summed E-state index contributed by atoms with van der Waals surface area (Å²) >= 11 is 5.85. The standard InChI is InChI=1S/C13H15ClN4O/c1-13(2,3)18-12(19)9(7-15)8-17-10-5-4-6-16-11(10)14/h4-6,8,17H,1-3H3,(H,18,19)/b9-8-. The van der Waals surface area contributed by atoms with Crippen LogP contribution in [0.25, 0.3) is 0 Å². The molecule has 0 spiro atoms. The van der Waals surface area contributed by atoms with E-state index in [0.717, 1.165) is 0 Å². The Balaban J connectivity index is 2.82. The Bertz CT molecular complexity index is 540. The fraction of sp³-hybridized carbons (Fsp3) is 0.308. The molecule has 0 saturated carbocycles. The SMILES string of the molecule is CC(C)(C)NC(=O)/C(C#N)=C\Nc1cccnc1Cl. The summed E-state index contributed by atoms with van der Waals surface area (Å²) in [6, 6.07) is 5.23. The second-order valence-corrected chi connectivity index (χ2v) is 5.22. The Morgan fingerprint density at radius 2 is 2.21 bits per heavy atom. The van der Waals surface area contributed by atoms with E-state index in [-0.39, 0.29) is 10.7 Å². The first-order valence-corrected chi connectivity index (χ1v) is 6.01. The fourth-order valence-electron chi connectivity index (χ4n) is 1.20. The third kappa shape index (κ3) is 4.98. The molecule has 1 aromatic heterocycles. The van der Waals surface area contributed by atoms with E-state index in [9.17, 15) is 4.79 Å². The summed E-state index contributed by atoms with van der Waals surface area (Å²) in [7, 11) is 0. The monoisotopic (exact) mass is 278 g/mol. The topological polar surface area (TPSA) is 77.8 Å². The average molecular weight is 279 g/mol. The van der Waals surface area contributed by atoms with E-state index in [4.69, 9.17) is 16.9 Å². The molecule has 19 heavy (non-hydrogen) atoms. The summed E-state index contributed by atoms with van der Waals surface area (Å²) in [5.74, 6) is -0.442. The molecule has 2 N–H and O–H groups in total. The van der Waals surface area contributed by atoms with Gasteiger partial charge in [0.25, 0.3) is 5.91 Å². The molecular weight excluding hydrogens is 264 g/mol. The lowest BCUT2D eigenvalue weighted by molar-refractivity contribution is -0.118. The molecule has 0 aliphatic rings. The number of halogens is 1. The van der Waals surface area contributed by atoms with Gasteiger partial charge >= 0.3 is 0 Å². The molecule has 1 rings (SSSR count). The number of aromatic nitrogens is 1. The zero-order valence-electron chi connectivity index (χ0n) is 11.0. The van der Waals surface area contributed by atoms with Crippen molar-refractivity contribution < 1.29 is 4.79 Å². The van der Waals surface area contributed by atoms with Crippen LogP contribution in [0.2, 0.25) is 5.15 Å². The molecule has 6 heteroatoms. The van der Waals surface area contributed by atoms with Gasteiger partial charge in [0.15, 0.2) is 5.15 Å². The van der Waals surface area contributed by atoms with Gasteiger partial charge in [-0.25, -0.2) is 4.98 Å². The van der Waals surface area contributed by atoms with Gasteiger partial charge in [-0.2, -0.15) is 5.26 Å². The number of rotatable bonds is 3. The van der Waals surface area contributed by atoms with Crippen molar-refractivity contribution in [2.24, 2.45) is 0 Å². The van der Waals surface area contributed by atoms with E-state index in [1.807, 2.05) is 26.8 Å². The van der Waals surface area contributed by atoms with Crippen LogP contribution in [0.3, 0.4) is 0 Å². The molecule has 0 fully saturated rings. The summed E-state index contributed by atoms with van der Waals surface area (Å²) in [5.41, 5.74) is 0.0919. The zero-order chi connectivity index (χ0) is 14.5.